The number of carbonyl (C=O) groups is 1. The summed E-state index contributed by atoms with van der Waals surface area (Å²) in [6, 6.07) is 5.62. The molecule has 0 fully saturated rings. The zero-order chi connectivity index (χ0) is 14.3. The molecule has 0 radical (unpaired) electrons. The molecule has 0 heterocycles. The molecule has 6 nitrogen and oxygen atoms in total. The fourth-order valence-corrected chi connectivity index (χ4v) is 2.34. The summed E-state index contributed by atoms with van der Waals surface area (Å²) in [5.74, 6) is -0.453. The number of amides is 1. The van der Waals surface area contributed by atoms with Crippen LogP contribution in [0.15, 0.2) is 29.2 Å². The first-order valence-corrected chi connectivity index (χ1v) is 7.44. The van der Waals surface area contributed by atoms with Crippen LogP contribution in [0.2, 0.25) is 5.02 Å². The number of nitrogens with one attached hydrogen (secondary N) is 2. The smallest absolute Gasteiger partial charge is 0.241 e. The monoisotopic (exact) mass is 306 g/mol. The van der Waals surface area contributed by atoms with Crippen molar-refractivity contribution in [2.75, 3.05) is 19.7 Å². The number of hydrogen-bond acceptors (Lipinski definition) is 4. The topological polar surface area (TPSA) is 95.5 Å². The average Bonchev–Trinajstić information content (AvgIpc) is 2.37. The number of rotatable bonds is 7. The molecule has 19 heavy (non-hydrogen) atoms. The molecule has 0 aliphatic rings. The van der Waals surface area contributed by atoms with Gasteiger partial charge in [-0.05, 0) is 30.7 Å². The molecule has 0 saturated heterocycles. The number of benzene rings is 1. The van der Waals surface area contributed by atoms with Crippen molar-refractivity contribution in [1.82, 2.24) is 10.0 Å². The molecule has 0 aliphatic heterocycles. The average molecular weight is 307 g/mol. The second-order valence-corrected chi connectivity index (χ2v) is 5.91. The van der Waals surface area contributed by atoms with Gasteiger partial charge >= 0.3 is 0 Å². The van der Waals surface area contributed by atoms with Crippen LogP contribution in [0, 0.1) is 0 Å². The molecule has 106 valence electrons. The molecule has 8 heteroatoms. The number of carbonyl (C=O) groups excluding carboxylic acids is 1. The van der Waals surface area contributed by atoms with Crippen LogP contribution in [0.5, 0.6) is 0 Å². The van der Waals surface area contributed by atoms with Crippen molar-refractivity contribution in [1.29, 1.82) is 0 Å². The minimum Gasteiger partial charge on any atom is -0.396 e. The summed E-state index contributed by atoms with van der Waals surface area (Å²) in [6.45, 7) is -0.0782. The van der Waals surface area contributed by atoms with E-state index in [0.29, 0.717) is 18.0 Å². The van der Waals surface area contributed by atoms with Crippen LogP contribution >= 0.6 is 11.6 Å². The number of halogens is 1. The summed E-state index contributed by atoms with van der Waals surface area (Å²) in [5, 5.41) is 11.4. The summed E-state index contributed by atoms with van der Waals surface area (Å²) in [4.78, 5) is 11.4. The van der Waals surface area contributed by atoms with Gasteiger partial charge in [0.2, 0.25) is 15.9 Å². The van der Waals surface area contributed by atoms with Gasteiger partial charge in [-0.2, -0.15) is 0 Å². The second kappa shape index (κ2) is 7.44. The van der Waals surface area contributed by atoms with Gasteiger partial charge in [0.05, 0.1) is 11.4 Å². The minimum absolute atomic E-state index is 0.0310. The maximum atomic E-state index is 11.8. The van der Waals surface area contributed by atoms with Crippen LogP contribution in [0.1, 0.15) is 6.42 Å². The summed E-state index contributed by atoms with van der Waals surface area (Å²) in [6.07, 6.45) is 0.426. The van der Waals surface area contributed by atoms with Gasteiger partial charge in [-0.15, -0.1) is 0 Å². The third kappa shape index (κ3) is 5.56. The first kappa shape index (κ1) is 15.9. The maximum Gasteiger partial charge on any atom is 0.241 e. The van der Waals surface area contributed by atoms with Crippen molar-refractivity contribution in [3.05, 3.63) is 29.3 Å². The first-order chi connectivity index (χ1) is 8.95. The summed E-state index contributed by atoms with van der Waals surface area (Å²) in [7, 11) is -3.72. The minimum atomic E-state index is -3.72. The highest BCUT2D eigenvalue weighted by Gasteiger charge is 2.14. The zero-order valence-corrected chi connectivity index (χ0v) is 11.7. The van der Waals surface area contributed by atoms with Gasteiger partial charge in [0, 0.05) is 18.2 Å². The number of sulfonamides is 1. The Morgan fingerprint density at radius 3 is 2.47 bits per heavy atom. The van der Waals surface area contributed by atoms with E-state index in [0.717, 1.165) is 0 Å². The van der Waals surface area contributed by atoms with Crippen LogP contribution in [-0.2, 0) is 14.8 Å². The fourth-order valence-electron chi connectivity index (χ4n) is 1.23. The molecule has 1 aromatic carbocycles. The molecule has 0 unspecified atom stereocenters. The van der Waals surface area contributed by atoms with E-state index in [1.165, 1.54) is 24.3 Å². The SMILES string of the molecule is O=C(CNS(=O)(=O)c1ccc(Cl)cc1)NCCCO. The van der Waals surface area contributed by atoms with E-state index in [1.807, 2.05) is 0 Å². The Labute approximate surface area is 116 Å². The van der Waals surface area contributed by atoms with Crippen molar-refractivity contribution in [2.24, 2.45) is 0 Å². The van der Waals surface area contributed by atoms with E-state index in [-0.39, 0.29) is 18.0 Å². The van der Waals surface area contributed by atoms with Crippen LogP contribution in [-0.4, -0.2) is 39.1 Å². The standard InChI is InChI=1S/C11H15ClN2O4S/c12-9-2-4-10(5-3-9)19(17,18)14-8-11(16)13-6-1-7-15/h2-5,14-15H,1,6-8H2,(H,13,16). The van der Waals surface area contributed by atoms with Gasteiger partial charge in [0.1, 0.15) is 0 Å². The van der Waals surface area contributed by atoms with Gasteiger partial charge in [-0.3, -0.25) is 4.79 Å². The molecule has 0 aromatic heterocycles. The van der Waals surface area contributed by atoms with E-state index in [1.54, 1.807) is 0 Å². The molecule has 1 amide bonds. The van der Waals surface area contributed by atoms with Gasteiger partial charge in [-0.1, -0.05) is 11.6 Å². The van der Waals surface area contributed by atoms with Gasteiger partial charge in [0.15, 0.2) is 0 Å². The van der Waals surface area contributed by atoms with Gasteiger partial charge < -0.3 is 10.4 Å². The molecule has 1 aromatic rings. The Kier molecular flexibility index (Phi) is 6.23. The van der Waals surface area contributed by atoms with Gasteiger partial charge in [0.25, 0.3) is 0 Å². The van der Waals surface area contributed by atoms with Crippen LogP contribution < -0.4 is 10.0 Å². The van der Waals surface area contributed by atoms with E-state index >= 15 is 0 Å². The van der Waals surface area contributed by atoms with E-state index < -0.39 is 15.9 Å². The summed E-state index contributed by atoms with van der Waals surface area (Å²) in [5.41, 5.74) is 0. The molecule has 0 aliphatic carbocycles. The summed E-state index contributed by atoms with van der Waals surface area (Å²) >= 11 is 5.66. The lowest BCUT2D eigenvalue weighted by Crippen LogP contribution is -2.37. The molecular formula is C11H15ClN2O4S. The lowest BCUT2D eigenvalue weighted by atomic mass is 10.4. The number of hydrogen-bond donors (Lipinski definition) is 3. The largest absolute Gasteiger partial charge is 0.396 e. The predicted molar refractivity (Wildman–Crippen MR) is 71.4 cm³/mol. The molecule has 3 N–H and O–H groups in total. The van der Waals surface area contributed by atoms with E-state index in [9.17, 15) is 13.2 Å². The Bertz CT molecular complexity index is 516. The van der Waals surface area contributed by atoms with E-state index in [2.05, 4.69) is 10.0 Å². The highest BCUT2D eigenvalue weighted by molar-refractivity contribution is 7.89. The third-order valence-electron chi connectivity index (χ3n) is 2.20. The molecular weight excluding hydrogens is 292 g/mol. The van der Waals surface area contributed by atoms with Crippen molar-refractivity contribution < 1.29 is 18.3 Å². The van der Waals surface area contributed by atoms with Gasteiger partial charge in [-0.25, -0.2) is 13.1 Å². The lowest BCUT2D eigenvalue weighted by molar-refractivity contribution is -0.119. The quantitative estimate of drug-likeness (QED) is 0.623. The van der Waals surface area contributed by atoms with Crippen molar-refractivity contribution in [3.8, 4) is 0 Å². The predicted octanol–water partition coefficient (Wildman–Crippen LogP) is 0.117. The molecule has 0 saturated carbocycles. The highest BCUT2D eigenvalue weighted by atomic mass is 35.5. The Hall–Kier alpha value is -1.15. The number of aliphatic hydroxyl groups excluding tert-OH is 1. The first-order valence-electron chi connectivity index (χ1n) is 5.58. The number of aliphatic hydroxyl groups is 1. The van der Waals surface area contributed by atoms with Crippen LogP contribution in [0.3, 0.4) is 0 Å². The molecule has 1 rings (SSSR count). The maximum absolute atomic E-state index is 11.8. The molecule has 0 bridgehead atoms. The van der Waals surface area contributed by atoms with Crippen molar-refractivity contribution in [3.63, 3.8) is 0 Å². The highest BCUT2D eigenvalue weighted by Crippen LogP contribution is 2.13. The van der Waals surface area contributed by atoms with Crippen LogP contribution in [0.4, 0.5) is 0 Å². The van der Waals surface area contributed by atoms with Crippen LogP contribution in [0.25, 0.3) is 0 Å². The summed E-state index contributed by atoms with van der Waals surface area (Å²) < 4.78 is 25.8. The van der Waals surface area contributed by atoms with E-state index in [4.69, 9.17) is 16.7 Å². The van der Waals surface area contributed by atoms with Crippen molar-refractivity contribution >= 4 is 27.5 Å². The second-order valence-electron chi connectivity index (χ2n) is 3.71. The normalized spacial score (nSPS) is 11.3. The zero-order valence-electron chi connectivity index (χ0n) is 10.1. The third-order valence-corrected chi connectivity index (χ3v) is 3.87. The molecule has 0 spiro atoms. The lowest BCUT2D eigenvalue weighted by Gasteiger charge is -2.07. The Morgan fingerprint density at radius 2 is 1.89 bits per heavy atom. The molecule has 0 atom stereocenters. The fraction of sp³-hybridized carbons (Fsp3) is 0.364. The Morgan fingerprint density at radius 1 is 1.26 bits per heavy atom. The Balaban J connectivity index is 2.51. The van der Waals surface area contributed by atoms with Crippen molar-refractivity contribution in [2.45, 2.75) is 11.3 Å².